The second-order valence-electron chi connectivity index (χ2n) is 4.34. The SMILES string of the molecule is COc1ccc(CN2CC(C(=O)[O-])CC2=O)cc1. The molecule has 18 heavy (non-hydrogen) atoms. The van der Waals surface area contributed by atoms with Crippen LogP contribution in [0, 0.1) is 5.92 Å². The lowest BCUT2D eigenvalue weighted by Crippen LogP contribution is -2.33. The van der Waals surface area contributed by atoms with Crippen LogP contribution in [0.5, 0.6) is 5.75 Å². The van der Waals surface area contributed by atoms with Crippen LogP contribution in [0.4, 0.5) is 0 Å². The van der Waals surface area contributed by atoms with Gasteiger partial charge in [0.1, 0.15) is 5.75 Å². The highest BCUT2D eigenvalue weighted by Gasteiger charge is 2.30. The zero-order chi connectivity index (χ0) is 13.1. The number of benzene rings is 1. The maximum atomic E-state index is 11.6. The fraction of sp³-hybridized carbons (Fsp3) is 0.385. The molecular weight excluding hydrogens is 234 g/mol. The molecule has 1 aliphatic rings. The molecule has 5 nitrogen and oxygen atoms in total. The summed E-state index contributed by atoms with van der Waals surface area (Å²) in [7, 11) is 1.59. The van der Waals surface area contributed by atoms with Crippen molar-refractivity contribution in [2.75, 3.05) is 13.7 Å². The highest BCUT2D eigenvalue weighted by Crippen LogP contribution is 2.20. The topological polar surface area (TPSA) is 69.7 Å². The third-order valence-electron chi connectivity index (χ3n) is 3.08. The number of aliphatic carboxylic acids is 1. The van der Waals surface area contributed by atoms with Crippen molar-refractivity contribution in [1.29, 1.82) is 0 Å². The second kappa shape index (κ2) is 5.08. The smallest absolute Gasteiger partial charge is 0.223 e. The van der Waals surface area contributed by atoms with Gasteiger partial charge >= 0.3 is 0 Å². The van der Waals surface area contributed by atoms with Gasteiger partial charge in [-0.15, -0.1) is 0 Å². The standard InChI is InChI=1S/C13H15NO4/c1-18-11-4-2-9(3-5-11)7-14-8-10(13(16)17)6-12(14)15/h2-5,10H,6-8H2,1H3,(H,16,17)/p-1. The Kier molecular flexibility index (Phi) is 3.50. The second-order valence-corrected chi connectivity index (χ2v) is 4.34. The van der Waals surface area contributed by atoms with E-state index in [0.29, 0.717) is 6.54 Å². The first-order valence-corrected chi connectivity index (χ1v) is 5.71. The van der Waals surface area contributed by atoms with Gasteiger partial charge < -0.3 is 19.5 Å². The van der Waals surface area contributed by atoms with Gasteiger partial charge in [-0.25, -0.2) is 0 Å². The summed E-state index contributed by atoms with van der Waals surface area (Å²) in [5.41, 5.74) is 0.947. The number of rotatable bonds is 4. The summed E-state index contributed by atoms with van der Waals surface area (Å²) in [5, 5.41) is 10.7. The predicted molar refractivity (Wildman–Crippen MR) is 61.5 cm³/mol. The van der Waals surface area contributed by atoms with E-state index in [2.05, 4.69) is 0 Å². The third-order valence-corrected chi connectivity index (χ3v) is 3.08. The van der Waals surface area contributed by atoms with Gasteiger partial charge in [0.2, 0.25) is 5.91 Å². The highest BCUT2D eigenvalue weighted by atomic mass is 16.5. The van der Waals surface area contributed by atoms with E-state index in [-0.39, 0.29) is 18.9 Å². The minimum Gasteiger partial charge on any atom is -0.550 e. The molecule has 1 fully saturated rings. The molecule has 1 aliphatic heterocycles. The molecule has 5 heteroatoms. The Morgan fingerprint density at radius 3 is 2.61 bits per heavy atom. The van der Waals surface area contributed by atoms with Crippen LogP contribution in [0.1, 0.15) is 12.0 Å². The van der Waals surface area contributed by atoms with Crippen LogP contribution in [0.15, 0.2) is 24.3 Å². The minimum absolute atomic E-state index is 0.0402. The molecule has 1 atom stereocenters. The van der Waals surface area contributed by atoms with Gasteiger partial charge in [-0.05, 0) is 17.7 Å². The molecule has 0 aliphatic carbocycles. The van der Waals surface area contributed by atoms with E-state index in [0.717, 1.165) is 11.3 Å². The molecule has 0 aromatic heterocycles. The number of nitrogens with zero attached hydrogens (tertiary/aromatic N) is 1. The summed E-state index contributed by atoms with van der Waals surface area (Å²) in [5.74, 6) is -1.23. The molecule has 2 rings (SSSR count). The highest BCUT2D eigenvalue weighted by molar-refractivity contribution is 5.85. The van der Waals surface area contributed by atoms with E-state index in [4.69, 9.17) is 4.74 Å². The molecule has 1 saturated heterocycles. The fourth-order valence-electron chi connectivity index (χ4n) is 2.03. The number of likely N-dealkylation sites (tertiary alicyclic amines) is 1. The van der Waals surface area contributed by atoms with E-state index in [9.17, 15) is 14.7 Å². The molecule has 96 valence electrons. The Labute approximate surface area is 105 Å². The van der Waals surface area contributed by atoms with Crippen LogP contribution in [-0.2, 0) is 16.1 Å². The number of hydrogen-bond acceptors (Lipinski definition) is 4. The lowest BCUT2D eigenvalue weighted by Gasteiger charge is -2.17. The normalized spacial score (nSPS) is 19.1. The molecule has 1 heterocycles. The summed E-state index contributed by atoms with van der Waals surface area (Å²) in [6.45, 7) is 0.653. The minimum atomic E-state index is -1.15. The van der Waals surface area contributed by atoms with E-state index in [1.54, 1.807) is 12.0 Å². The van der Waals surface area contributed by atoms with Crippen molar-refractivity contribution in [3.05, 3.63) is 29.8 Å². The summed E-state index contributed by atoms with van der Waals surface area (Å²) in [6.07, 6.45) is 0.0402. The quantitative estimate of drug-likeness (QED) is 0.739. The Morgan fingerprint density at radius 1 is 1.44 bits per heavy atom. The molecule has 0 bridgehead atoms. The average Bonchev–Trinajstić information content (AvgIpc) is 2.72. The van der Waals surface area contributed by atoms with Gasteiger partial charge in [0.05, 0.1) is 7.11 Å². The van der Waals surface area contributed by atoms with Crippen LogP contribution in [-0.4, -0.2) is 30.4 Å². The molecule has 1 amide bonds. The Morgan fingerprint density at radius 2 is 2.11 bits per heavy atom. The molecule has 1 unspecified atom stereocenters. The van der Waals surface area contributed by atoms with Gasteiger partial charge in [0.25, 0.3) is 0 Å². The van der Waals surface area contributed by atoms with E-state index in [1.807, 2.05) is 24.3 Å². The lowest BCUT2D eigenvalue weighted by molar-refractivity contribution is -0.311. The van der Waals surface area contributed by atoms with Gasteiger partial charge in [-0.1, -0.05) is 12.1 Å². The lowest BCUT2D eigenvalue weighted by atomic mass is 10.1. The molecule has 1 aromatic rings. The zero-order valence-electron chi connectivity index (χ0n) is 10.1. The average molecular weight is 248 g/mol. The number of ether oxygens (including phenoxy) is 1. The number of carbonyl (C=O) groups is 2. The molecule has 0 saturated carbocycles. The summed E-state index contributed by atoms with van der Waals surface area (Å²) in [6, 6.07) is 7.34. The van der Waals surface area contributed by atoms with Crippen molar-refractivity contribution < 1.29 is 19.4 Å². The molecule has 0 spiro atoms. The van der Waals surface area contributed by atoms with E-state index >= 15 is 0 Å². The van der Waals surface area contributed by atoms with Crippen LogP contribution in [0.2, 0.25) is 0 Å². The third kappa shape index (κ3) is 2.61. The van der Waals surface area contributed by atoms with Crippen molar-refractivity contribution in [2.45, 2.75) is 13.0 Å². The van der Waals surface area contributed by atoms with Crippen LogP contribution in [0.3, 0.4) is 0 Å². The first-order chi connectivity index (χ1) is 8.60. The van der Waals surface area contributed by atoms with Crippen molar-refractivity contribution in [3.8, 4) is 5.75 Å². The fourth-order valence-corrected chi connectivity index (χ4v) is 2.03. The Hall–Kier alpha value is -2.04. The summed E-state index contributed by atoms with van der Waals surface area (Å²) in [4.78, 5) is 23.9. The zero-order valence-corrected chi connectivity index (χ0v) is 10.1. The maximum absolute atomic E-state index is 11.6. The van der Waals surface area contributed by atoms with Gasteiger partial charge in [0, 0.05) is 31.4 Å². The molecule has 0 radical (unpaired) electrons. The Balaban J connectivity index is 2.01. The van der Waals surface area contributed by atoms with Crippen LogP contribution in [0.25, 0.3) is 0 Å². The maximum Gasteiger partial charge on any atom is 0.223 e. The number of carboxylic acids is 1. The van der Waals surface area contributed by atoms with Gasteiger partial charge in [-0.2, -0.15) is 0 Å². The first-order valence-electron chi connectivity index (χ1n) is 5.71. The van der Waals surface area contributed by atoms with Gasteiger partial charge in [-0.3, -0.25) is 4.79 Å². The van der Waals surface area contributed by atoms with Crippen LogP contribution >= 0.6 is 0 Å². The van der Waals surface area contributed by atoms with Crippen molar-refractivity contribution in [1.82, 2.24) is 4.90 Å². The largest absolute Gasteiger partial charge is 0.550 e. The van der Waals surface area contributed by atoms with Crippen molar-refractivity contribution in [3.63, 3.8) is 0 Å². The van der Waals surface area contributed by atoms with Crippen LogP contribution < -0.4 is 9.84 Å². The number of carbonyl (C=O) groups excluding carboxylic acids is 2. The summed E-state index contributed by atoms with van der Waals surface area (Å²) < 4.78 is 5.04. The van der Waals surface area contributed by atoms with E-state index < -0.39 is 11.9 Å². The monoisotopic (exact) mass is 248 g/mol. The van der Waals surface area contributed by atoms with Crippen molar-refractivity contribution >= 4 is 11.9 Å². The summed E-state index contributed by atoms with van der Waals surface area (Å²) >= 11 is 0. The molecule has 1 aromatic carbocycles. The van der Waals surface area contributed by atoms with E-state index in [1.165, 1.54) is 0 Å². The van der Waals surface area contributed by atoms with Gasteiger partial charge in [0.15, 0.2) is 0 Å². The predicted octanol–water partition coefficient (Wildman–Crippen LogP) is -0.206. The Bertz CT molecular complexity index is 455. The van der Waals surface area contributed by atoms with Crippen molar-refractivity contribution in [2.24, 2.45) is 5.92 Å². The molecule has 0 N–H and O–H groups in total. The first kappa shape index (κ1) is 12.4. The molecular formula is C13H14NO4-. The number of carboxylic acid groups (broad SMARTS) is 1. The number of hydrogen-bond donors (Lipinski definition) is 0. The number of amides is 1. The number of methoxy groups -OCH3 is 1.